The van der Waals surface area contributed by atoms with E-state index in [-0.39, 0.29) is 31.8 Å². The monoisotopic (exact) mass is 519 g/mol. The van der Waals surface area contributed by atoms with Crippen LogP contribution in [0.2, 0.25) is 0 Å². The first-order valence-electron chi connectivity index (χ1n) is 12.2. The van der Waals surface area contributed by atoms with Crippen LogP contribution >= 0.6 is 0 Å². The molecular weight excluding hydrogens is 474 g/mol. The number of guanidine groups is 1. The van der Waals surface area contributed by atoms with Crippen LogP contribution in [0, 0.1) is 0 Å². The highest BCUT2D eigenvalue weighted by molar-refractivity contribution is 5.75. The molecule has 36 heavy (non-hydrogen) atoms. The lowest BCUT2D eigenvalue weighted by molar-refractivity contribution is 0.104. The number of aliphatic imine (C=N–C) groups is 1. The molecule has 3 amide bonds. The predicted octanol–water partition coefficient (Wildman–Crippen LogP) is -1.09. The van der Waals surface area contributed by atoms with Crippen LogP contribution in [-0.2, 0) is 14.2 Å². The average molecular weight is 520 g/mol. The number of nitrogens with zero attached hydrogens (tertiary/aromatic N) is 1. The van der Waals surface area contributed by atoms with Gasteiger partial charge in [0, 0.05) is 12.6 Å². The number of ether oxygens (including phenoxy) is 3. The van der Waals surface area contributed by atoms with Gasteiger partial charge in [-0.2, -0.15) is 0 Å². The van der Waals surface area contributed by atoms with Crippen molar-refractivity contribution in [3.8, 4) is 0 Å². The summed E-state index contributed by atoms with van der Waals surface area (Å²) in [7, 11) is 0. The molecule has 3 atom stereocenters. The number of rotatable bonds is 20. The second-order valence-corrected chi connectivity index (χ2v) is 8.29. The molecule has 0 saturated heterocycles. The normalized spacial score (nSPS) is 13.1. The molecule has 0 unspecified atom stereocenters. The van der Waals surface area contributed by atoms with Crippen molar-refractivity contribution in [2.24, 2.45) is 39.4 Å². The van der Waals surface area contributed by atoms with Crippen molar-refractivity contribution in [2.45, 2.75) is 69.5 Å². The SMILES string of the molecule is NCCCC[C@H](COC(=O)N[C@@H](CCCCN)COC(N)=O)NC(=O)OC[C@@H](N)CCCN=C(N)N. The fourth-order valence-electron chi connectivity index (χ4n) is 3.07. The van der Waals surface area contributed by atoms with Gasteiger partial charge in [-0.15, -0.1) is 0 Å². The Morgan fingerprint density at radius 2 is 1.19 bits per heavy atom. The number of nitrogens with two attached hydrogens (primary N) is 6. The van der Waals surface area contributed by atoms with Gasteiger partial charge in [0.25, 0.3) is 0 Å². The number of primary amides is 1. The quantitative estimate of drug-likeness (QED) is 0.0414. The summed E-state index contributed by atoms with van der Waals surface area (Å²) in [6.07, 6.45) is 2.85. The van der Waals surface area contributed by atoms with Crippen molar-refractivity contribution in [1.29, 1.82) is 0 Å². The van der Waals surface area contributed by atoms with Gasteiger partial charge in [-0.25, -0.2) is 14.4 Å². The molecule has 0 aliphatic carbocycles. The Morgan fingerprint density at radius 1 is 0.694 bits per heavy atom. The lowest BCUT2D eigenvalue weighted by Gasteiger charge is -2.21. The standard InChI is InChI=1S/C21H45N9O6/c22-9-3-1-7-16(13-34-19(27)31)29-21(33)36-14-17(8-2-4-10-23)30-20(32)35-12-15(24)6-5-11-28-18(25)26/h15-17H,1-14,22-24H2,(H2,27,31)(H,29,33)(H,30,32)(H4,25,26,28)/t15-,16-,17+/m0/s1. The number of unbranched alkanes of at least 4 members (excludes halogenated alkanes) is 2. The van der Waals surface area contributed by atoms with Crippen LogP contribution in [0.15, 0.2) is 4.99 Å². The van der Waals surface area contributed by atoms with Crippen molar-refractivity contribution < 1.29 is 28.6 Å². The molecule has 0 bridgehead atoms. The topological polar surface area (TPSA) is 271 Å². The minimum absolute atomic E-state index is 0.00879. The lowest BCUT2D eigenvalue weighted by atomic mass is 10.1. The van der Waals surface area contributed by atoms with Gasteiger partial charge in [-0.05, 0) is 51.6 Å². The molecule has 0 rings (SSSR count). The molecule has 0 heterocycles. The third-order valence-corrected chi connectivity index (χ3v) is 4.96. The number of carbonyl (C=O) groups is 3. The Hall–Kier alpha value is -3.04. The van der Waals surface area contributed by atoms with E-state index in [9.17, 15) is 14.4 Å². The summed E-state index contributed by atoms with van der Waals surface area (Å²) in [5, 5.41) is 5.33. The number of carbonyl (C=O) groups excluding carboxylic acids is 3. The van der Waals surface area contributed by atoms with Gasteiger partial charge in [0.05, 0.1) is 12.1 Å². The maximum Gasteiger partial charge on any atom is 0.407 e. The number of nitrogens with one attached hydrogen (secondary N) is 2. The van der Waals surface area contributed by atoms with Crippen LogP contribution in [-0.4, -0.2) is 81.8 Å². The van der Waals surface area contributed by atoms with E-state index in [0.29, 0.717) is 51.7 Å². The second-order valence-electron chi connectivity index (χ2n) is 8.29. The van der Waals surface area contributed by atoms with E-state index < -0.39 is 30.4 Å². The van der Waals surface area contributed by atoms with Gasteiger partial charge in [0.1, 0.15) is 19.8 Å². The molecule has 0 aromatic rings. The van der Waals surface area contributed by atoms with Gasteiger partial charge in [-0.3, -0.25) is 4.99 Å². The summed E-state index contributed by atoms with van der Waals surface area (Å²) < 4.78 is 15.3. The van der Waals surface area contributed by atoms with Gasteiger partial charge >= 0.3 is 18.3 Å². The predicted molar refractivity (Wildman–Crippen MR) is 136 cm³/mol. The van der Waals surface area contributed by atoms with Gasteiger partial charge in [-0.1, -0.05) is 12.8 Å². The van der Waals surface area contributed by atoms with Crippen molar-refractivity contribution >= 4 is 24.2 Å². The molecule has 0 aromatic heterocycles. The molecule has 15 heteroatoms. The highest BCUT2D eigenvalue weighted by Crippen LogP contribution is 2.05. The third-order valence-electron chi connectivity index (χ3n) is 4.96. The Balaban J connectivity index is 4.62. The number of hydrogen-bond donors (Lipinski definition) is 8. The van der Waals surface area contributed by atoms with Crippen LogP contribution in [0.3, 0.4) is 0 Å². The molecule has 0 spiro atoms. The average Bonchev–Trinajstić information content (AvgIpc) is 2.82. The molecule has 0 saturated carbocycles. The minimum atomic E-state index is -0.940. The van der Waals surface area contributed by atoms with E-state index >= 15 is 0 Å². The first-order chi connectivity index (χ1) is 17.2. The zero-order valence-corrected chi connectivity index (χ0v) is 21.0. The Morgan fingerprint density at radius 3 is 1.67 bits per heavy atom. The van der Waals surface area contributed by atoms with Crippen molar-refractivity contribution in [2.75, 3.05) is 39.5 Å². The second kappa shape index (κ2) is 21.3. The fourth-order valence-corrected chi connectivity index (χ4v) is 3.07. The molecule has 0 aliphatic heterocycles. The first kappa shape index (κ1) is 33.0. The zero-order valence-electron chi connectivity index (χ0n) is 21.0. The molecule has 15 nitrogen and oxygen atoms in total. The lowest BCUT2D eigenvalue weighted by Crippen LogP contribution is -2.44. The third kappa shape index (κ3) is 20.3. The van der Waals surface area contributed by atoms with Crippen LogP contribution in [0.4, 0.5) is 14.4 Å². The molecule has 0 radical (unpaired) electrons. The first-order valence-corrected chi connectivity index (χ1v) is 12.2. The Bertz CT molecular complexity index is 649. The van der Waals surface area contributed by atoms with E-state index in [2.05, 4.69) is 15.6 Å². The van der Waals surface area contributed by atoms with Crippen LogP contribution in [0.5, 0.6) is 0 Å². The largest absolute Gasteiger partial charge is 0.448 e. The molecule has 210 valence electrons. The Kier molecular flexibility index (Phi) is 19.5. The van der Waals surface area contributed by atoms with E-state index in [4.69, 9.17) is 48.6 Å². The van der Waals surface area contributed by atoms with E-state index in [0.717, 1.165) is 19.3 Å². The summed E-state index contributed by atoms with van der Waals surface area (Å²) in [6.45, 7) is 1.26. The molecule has 14 N–H and O–H groups in total. The van der Waals surface area contributed by atoms with E-state index in [1.165, 1.54) is 0 Å². The fraction of sp³-hybridized carbons (Fsp3) is 0.810. The summed E-state index contributed by atoms with van der Waals surface area (Å²) in [5.41, 5.74) is 32.5. The minimum Gasteiger partial charge on any atom is -0.448 e. The molecular formula is C21H45N9O6. The Labute approximate surface area is 212 Å². The molecule has 0 aromatic carbocycles. The highest BCUT2D eigenvalue weighted by atomic mass is 16.6. The summed E-state index contributed by atoms with van der Waals surface area (Å²) in [6, 6.07) is -1.36. The number of amides is 3. The van der Waals surface area contributed by atoms with E-state index in [1.807, 2.05) is 0 Å². The van der Waals surface area contributed by atoms with E-state index in [1.54, 1.807) is 0 Å². The van der Waals surface area contributed by atoms with Gasteiger partial charge in [0.2, 0.25) is 0 Å². The van der Waals surface area contributed by atoms with Gasteiger partial charge < -0.3 is 59.2 Å². The maximum atomic E-state index is 12.3. The number of hydrogen-bond acceptors (Lipinski definition) is 10. The molecule has 0 fully saturated rings. The van der Waals surface area contributed by atoms with Crippen molar-refractivity contribution in [3.63, 3.8) is 0 Å². The highest BCUT2D eigenvalue weighted by Gasteiger charge is 2.19. The zero-order chi connectivity index (χ0) is 27.2. The smallest absolute Gasteiger partial charge is 0.407 e. The molecule has 0 aliphatic rings. The van der Waals surface area contributed by atoms with Crippen LogP contribution in [0.25, 0.3) is 0 Å². The van der Waals surface area contributed by atoms with Crippen LogP contribution < -0.4 is 45.0 Å². The van der Waals surface area contributed by atoms with Crippen molar-refractivity contribution in [1.82, 2.24) is 10.6 Å². The summed E-state index contributed by atoms with van der Waals surface area (Å²) >= 11 is 0. The van der Waals surface area contributed by atoms with Crippen molar-refractivity contribution in [3.05, 3.63) is 0 Å². The van der Waals surface area contributed by atoms with Gasteiger partial charge in [0.15, 0.2) is 5.96 Å². The summed E-state index contributed by atoms with van der Waals surface area (Å²) in [5.74, 6) is 0.0110. The number of alkyl carbamates (subject to hydrolysis) is 2. The maximum absolute atomic E-state index is 12.3. The summed E-state index contributed by atoms with van der Waals surface area (Å²) in [4.78, 5) is 39.3. The van der Waals surface area contributed by atoms with Crippen LogP contribution in [0.1, 0.15) is 51.4 Å².